The Bertz CT molecular complexity index is 632. The van der Waals surface area contributed by atoms with Crippen LogP contribution < -0.4 is 4.52 Å². The van der Waals surface area contributed by atoms with Gasteiger partial charge < -0.3 is 9.26 Å². The van der Waals surface area contributed by atoms with Gasteiger partial charge in [-0.25, -0.2) is 9.36 Å². The van der Waals surface area contributed by atoms with Crippen molar-refractivity contribution in [3.63, 3.8) is 0 Å². The van der Waals surface area contributed by atoms with Crippen LogP contribution in [0.25, 0.3) is 6.08 Å². The molecule has 0 bridgehead atoms. The first-order valence-corrected chi connectivity index (χ1v) is 8.57. The molecule has 130 valence electrons. The summed E-state index contributed by atoms with van der Waals surface area (Å²) in [5.74, 6) is -0.102. The number of carbonyl (C=O) groups is 1. The summed E-state index contributed by atoms with van der Waals surface area (Å²) in [5, 5.41) is 0. The number of phosphoric acid groups is 1. The fourth-order valence-electron chi connectivity index (χ4n) is 1.60. The number of carbonyl (C=O) groups excluding carboxylic acids is 1. The molecule has 0 aliphatic rings. The van der Waals surface area contributed by atoms with Crippen molar-refractivity contribution in [3.05, 3.63) is 60.7 Å². The van der Waals surface area contributed by atoms with Crippen LogP contribution in [0.3, 0.4) is 0 Å². The summed E-state index contributed by atoms with van der Waals surface area (Å²) in [6, 6.07) is 6.59. The molecule has 0 spiro atoms. The normalized spacial score (nSPS) is 11.7. The van der Waals surface area contributed by atoms with Crippen molar-refractivity contribution in [1.82, 2.24) is 0 Å². The molecule has 24 heavy (non-hydrogen) atoms. The minimum atomic E-state index is -3.77. The van der Waals surface area contributed by atoms with Gasteiger partial charge in [0.05, 0.1) is 20.3 Å². The van der Waals surface area contributed by atoms with Gasteiger partial charge in [0.1, 0.15) is 5.75 Å². The number of benzene rings is 1. The lowest BCUT2D eigenvalue weighted by Gasteiger charge is -2.17. The molecule has 0 radical (unpaired) electrons. The van der Waals surface area contributed by atoms with E-state index in [2.05, 4.69) is 17.9 Å². The average molecular weight is 352 g/mol. The molecule has 0 aliphatic heterocycles. The van der Waals surface area contributed by atoms with Crippen LogP contribution in [0.15, 0.2) is 55.1 Å². The molecule has 0 fully saturated rings. The first-order chi connectivity index (χ1) is 11.4. The van der Waals surface area contributed by atoms with E-state index in [4.69, 9.17) is 13.6 Å². The van der Waals surface area contributed by atoms with E-state index in [9.17, 15) is 9.36 Å². The molecule has 1 rings (SSSR count). The Balaban J connectivity index is 2.86. The molecular weight excluding hydrogens is 331 g/mol. The van der Waals surface area contributed by atoms with Crippen LogP contribution in [0.1, 0.15) is 12.5 Å². The zero-order chi connectivity index (χ0) is 18.0. The number of rotatable bonds is 10. The minimum Gasteiger partial charge on any atom is -0.466 e. The summed E-state index contributed by atoms with van der Waals surface area (Å²) >= 11 is 0. The Morgan fingerprint density at radius 2 is 1.67 bits per heavy atom. The highest BCUT2D eigenvalue weighted by Crippen LogP contribution is 2.49. The van der Waals surface area contributed by atoms with Gasteiger partial charge in [-0.3, -0.25) is 9.05 Å². The maximum atomic E-state index is 12.5. The van der Waals surface area contributed by atoms with Gasteiger partial charge in [0.15, 0.2) is 0 Å². The van der Waals surface area contributed by atoms with Crippen LogP contribution >= 0.6 is 7.82 Å². The highest BCUT2D eigenvalue weighted by molar-refractivity contribution is 7.48. The molecule has 7 heteroatoms. The predicted molar refractivity (Wildman–Crippen MR) is 92.6 cm³/mol. The summed E-state index contributed by atoms with van der Waals surface area (Å²) in [6.07, 6.45) is 4.55. The van der Waals surface area contributed by atoms with Crippen LogP contribution in [-0.4, -0.2) is 26.3 Å². The van der Waals surface area contributed by atoms with Crippen LogP contribution in [0.2, 0.25) is 0 Å². The first-order valence-electron chi connectivity index (χ1n) is 7.11. The van der Waals surface area contributed by atoms with E-state index in [1.807, 2.05) is 0 Å². The number of esters is 1. The third kappa shape index (κ3) is 6.54. The Labute approximate surface area is 142 Å². The van der Waals surface area contributed by atoms with E-state index in [1.165, 1.54) is 19.3 Å². The quantitative estimate of drug-likeness (QED) is 0.273. The van der Waals surface area contributed by atoms with Crippen molar-refractivity contribution in [1.29, 1.82) is 0 Å². The molecule has 0 amide bonds. The highest BCUT2D eigenvalue weighted by atomic mass is 31.2. The summed E-state index contributed by atoms with van der Waals surface area (Å²) in [5.41, 5.74) is 1.22. The van der Waals surface area contributed by atoms with Crippen LogP contribution in [0, 0.1) is 0 Å². The molecule has 0 unspecified atom stereocenters. The van der Waals surface area contributed by atoms with Crippen LogP contribution in [0.4, 0.5) is 0 Å². The monoisotopic (exact) mass is 352 g/mol. The van der Waals surface area contributed by atoms with Gasteiger partial charge in [0.2, 0.25) is 0 Å². The van der Waals surface area contributed by atoms with Crippen LogP contribution in [-0.2, 0) is 23.1 Å². The molecule has 0 aromatic heterocycles. The van der Waals surface area contributed by atoms with Crippen molar-refractivity contribution in [2.75, 3.05) is 20.3 Å². The lowest BCUT2D eigenvalue weighted by Crippen LogP contribution is -2.03. The van der Waals surface area contributed by atoms with E-state index >= 15 is 0 Å². The van der Waals surface area contributed by atoms with Crippen molar-refractivity contribution < 1.29 is 27.7 Å². The molecule has 0 atom stereocenters. The molecule has 0 heterocycles. The standard InChI is InChI=1S/C17H21O6P/c1-5-11-21-24(19,22-12-6-2)23-16-9-7-15(8-10-16)13-14(3)17(18)20-4/h5-10,13H,1-2,11-12H2,3-4H3/b14-13+. The van der Waals surface area contributed by atoms with Gasteiger partial charge >= 0.3 is 13.8 Å². The number of phosphoric ester groups is 1. The van der Waals surface area contributed by atoms with Crippen molar-refractivity contribution in [2.24, 2.45) is 0 Å². The Hall–Kier alpha value is -2.14. The second-order valence-corrected chi connectivity index (χ2v) is 6.19. The molecule has 0 saturated carbocycles. The van der Waals surface area contributed by atoms with E-state index in [1.54, 1.807) is 37.3 Å². The van der Waals surface area contributed by atoms with E-state index < -0.39 is 13.8 Å². The van der Waals surface area contributed by atoms with Gasteiger partial charge in [-0.2, -0.15) is 0 Å². The van der Waals surface area contributed by atoms with E-state index in [-0.39, 0.29) is 13.2 Å². The lowest BCUT2D eigenvalue weighted by molar-refractivity contribution is -0.135. The topological polar surface area (TPSA) is 71.1 Å². The first kappa shape index (κ1) is 19.9. The van der Waals surface area contributed by atoms with Gasteiger partial charge in [-0.15, -0.1) is 13.2 Å². The van der Waals surface area contributed by atoms with E-state index in [0.717, 1.165) is 5.56 Å². The molecule has 6 nitrogen and oxygen atoms in total. The second kappa shape index (κ2) is 9.88. The zero-order valence-corrected chi connectivity index (χ0v) is 14.7. The summed E-state index contributed by atoms with van der Waals surface area (Å²) < 4.78 is 32.6. The fourth-order valence-corrected chi connectivity index (χ4v) is 2.74. The smallest absolute Gasteiger partial charge is 0.466 e. The Kier molecular flexibility index (Phi) is 8.19. The Morgan fingerprint density at radius 1 is 1.12 bits per heavy atom. The molecule has 1 aromatic rings. The SMILES string of the molecule is C=CCOP(=O)(OCC=C)Oc1ccc(/C=C(\C)C(=O)OC)cc1. The van der Waals surface area contributed by atoms with Gasteiger partial charge in [0, 0.05) is 5.57 Å². The third-order valence-electron chi connectivity index (χ3n) is 2.69. The molecule has 0 N–H and O–H groups in total. The number of ether oxygens (including phenoxy) is 1. The second-order valence-electron chi connectivity index (χ2n) is 4.60. The predicted octanol–water partition coefficient (Wildman–Crippen LogP) is 4.16. The fraction of sp³-hybridized carbons (Fsp3) is 0.235. The zero-order valence-electron chi connectivity index (χ0n) is 13.8. The number of hydrogen-bond donors (Lipinski definition) is 0. The molecule has 0 saturated heterocycles. The summed E-state index contributed by atoms with van der Waals surface area (Å²) in [7, 11) is -2.45. The maximum Gasteiger partial charge on any atom is 0.530 e. The minimum absolute atomic E-state index is 0.0214. The molecule has 1 aromatic carbocycles. The number of hydrogen-bond acceptors (Lipinski definition) is 6. The lowest BCUT2D eigenvalue weighted by atomic mass is 10.1. The van der Waals surface area contributed by atoms with Crippen molar-refractivity contribution >= 4 is 19.9 Å². The van der Waals surface area contributed by atoms with Gasteiger partial charge in [-0.05, 0) is 30.7 Å². The van der Waals surface area contributed by atoms with Crippen molar-refractivity contribution in [2.45, 2.75) is 6.92 Å². The average Bonchev–Trinajstić information content (AvgIpc) is 2.59. The van der Waals surface area contributed by atoms with Gasteiger partial charge in [-0.1, -0.05) is 24.3 Å². The maximum absolute atomic E-state index is 12.5. The molecular formula is C17H21O6P. The summed E-state index contributed by atoms with van der Waals surface area (Å²) in [6.45, 7) is 8.67. The highest BCUT2D eigenvalue weighted by Gasteiger charge is 2.27. The van der Waals surface area contributed by atoms with Crippen molar-refractivity contribution in [3.8, 4) is 5.75 Å². The third-order valence-corrected chi connectivity index (χ3v) is 4.05. The number of methoxy groups -OCH3 is 1. The van der Waals surface area contributed by atoms with E-state index in [0.29, 0.717) is 11.3 Å². The van der Waals surface area contributed by atoms with Gasteiger partial charge in [0.25, 0.3) is 0 Å². The summed E-state index contributed by atoms with van der Waals surface area (Å²) in [4.78, 5) is 11.4. The Morgan fingerprint density at radius 3 is 2.12 bits per heavy atom. The van der Waals surface area contributed by atoms with Crippen LogP contribution in [0.5, 0.6) is 5.75 Å². The molecule has 0 aliphatic carbocycles. The largest absolute Gasteiger partial charge is 0.530 e.